The molecule has 0 unspecified atom stereocenters. The number of aliphatic imine (C=N–C) groups is 1. The first-order valence-corrected chi connectivity index (χ1v) is 8.26. The highest BCUT2D eigenvalue weighted by molar-refractivity contribution is 8.18. The van der Waals surface area contributed by atoms with Gasteiger partial charge in [-0.25, -0.2) is 4.99 Å². The van der Waals surface area contributed by atoms with Gasteiger partial charge in [-0.15, -0.1) is 0 Å². The van der Waals surface area contributed by atoms with Gasteiger partial charge >= 0.3 is 0 Å². The number of amides is 1. The van der Waals surface area contributed by atoms with Gasteiger partial charge in [0.2, 0.25) is 0 Å². The molecule has 2 aromatic carbocycles. The second-order valence-electron chi connectivity index (χ2n) is 5.74. The molecule has 0 bridgehead atoms. The summed E-state index contributed by atoms with van der Waals surface area (Å²) in [7, 11) is 0. The van der Waals surface area contributed by atoms with Crippen molar-refractivity contribution in [3.05, 3.63) is 69.6 Å². The van der Waals surface area contributed by atoms with E-state index in [1.165, 1.54) is 17.3 Å². The molecule has 4 heteroatoms. The Hall–Kier alpha value is -2.33. The van der Waals surface area contributed by atoms with E-state index in [2.05, 4.69) is 16.4 Å². The molecule has 0 saturated carbocycles. The first-order valence-electron chi connectivity index (χ1n) is 7.44. The maximum atomic E-state index is 12.1. The summed E-state index contributed by atoms with van der Waals surface area (Å²) >= 11 is 1.37. The van der Waals surface area contributed by atoms with Gasteiger partial charge in [0, 0.05) is 0 Å². The Kier molecular flexibility index (Phi) is 4.35. The molecule has 0 aromatic heterocycles. The molecule has 0 spiro atoms. The van der Waals surface area contributed by atoms with E-state index in [0.29, 0.717) is 10.1 Å². The van der Waals surface area contributed by atoms with Gasteiger partial charge < -0.3 is 5.32 Å². The van der Waals surface area contributed by atoms with Crippen LogP contribution in [0.15, 0.2) is 52.4 Å². The van der Waals surface area contributed by atoms with Crippen molar-refractivity contribution in [2.24, 2.45) is 4.99 Å². The molecule has 0 atom stereocenters. The molecule has 1 N–H and O–H groups in total. The van der Waals surface area contributed by atoms with Crippen LogP contribution in [0.2, 0.25) is 0 Å². The standard InChI is InChI=1S/C19H18N2OS/c1-12-4-6-15(7-5-12)11-17-18(22)21-19(23-17)20-16-9-13(2)8-14(3)10-16/h4-11H,1-3H3,(H,20,21,22)/b17-11-. The van der Waals surface area contributed by atoms with Crippen LogP contribution < -0.4 is 5.32 Å². The highest BCUT2D eigenvalue weighted by Gasteiger charge is 2.23. The zero-order valence-corrected chi connectivity index (χ0v) is 14.2. The van der Waals surface area contributed by atoms with Crippen molar-refractivity contribution in [1.29, 1.82) is 0 Å². The van der Waals surface area contributed by atoms with Crippen molar-refractivity contribution in [3.8, 4) is 0 Å². The number of benzene rings is 2. The number of amidine groups is 1. The lowest BCUT2D eigenvalue weighted by Gasteiger charge is -2.00. The number of hydrogen-bond donors (Lipinski definition) is 1. The van der Waals surface area contributed by atoms with Crippen molar-refractivity contribution < 1.29 is 4.79 Å². The Balaban J connectivity index is 1.84. The number of nitrogens with one attached hydrogen (secondary N) is 1. The molecule has 1 amide bonds. The van der Waals surface area contributed by atoms with E-state index in [9.17, 15) is 4.79 Å². The van der Waals surface area contributed by atoms with Gasteiger partial charge in [0.15, 0.2) is 5.17 Å². The summed E-state index contributed by atoms with van der Waals surface area (Å²) in [6.07, 6.45) is 1.89. The first kappa shape index (κ1) is 15.6. The summed E-state index contributed by atoms with van der Waals surface area (Å²) in [4.78, 5) is 17.3. The summed E-state index contributed by atoms with van der Waals surface area (Å²) in [5.41, 5.74) is 5.40. The third-order valence-electron chi connectivity index (χ3n) is 3.46. The molecule has 3 rings (SSSR count). The predicted octanol–water partition coefficient (Wildman–Crippen LogP) is 4.50. The SMILES string of the molecule is Cc1ccc(/C=C2\SC(=Nc3cc(C)cc(C)c3)NC2=O)cc1. The first-order chi connectivity index (χ1) is 11.0. The van der Waals surface area contributed by atoms with E-state index >= 15 is 0 Å². The van der Waals surface area contributed by atoms with Crippen LogP contribution in [0.1, 0.15) is 22.3 Å². The lowest BCUT2D eigenvalue weighted by Crippen LogP contribution is -2.19. The molecular weight excluding hydrogens is 304 g/mol. The molecule has 1 aliphatic heterocycles. The molecule has 1 heterocycles. The average Bonchev–Trinajstić information content (AvgIpc) is 2.80. The fraction of sp³-hybridized carbons (Fsp3) is 0.158. The lowest BCUT2D eigenvalue weighted by atomic mass is 10.1. The molecular formula is C19H18N2OS. The average molecular weight is 322 g/mol. The lowest BCUT2D eigenvalue weighted by molar-refractivity contribution is -0.115. The predicted molar refractivity (Wildman–Crippen MR) is 97.9 cm³/mol. The Morgan fingerprint density at radius 2 is 1.61 bits per heavy atom. The number of carbonyl (C=O) groups excluding carboxylic acids is 1. The quantitative estimate of drug-likeness (QED) is 0.827. The van der Waals surface area contributed by atoms with E-state index in [1.807, 2.05) is 63.2 Å². The summed E-state index contributed by atoms with van der Waals surface area (Å²) in [6, 6.07) is 14.2. The van der Waals surface area contributed by atoms with E-state index in [-0.39, 0.29) is 5.91 Å². The minimum atomic E-state index is -0.0984. The Bertz CT molecular complexity index is 800. The third-order valence-corrected chi connectivity index (χ3v) is 4.37. The van der Waals surface area contributed by atoms with Crippen LogP contribution in [0.25, 0.3) is 6.08 Å². The van der Waals surface area contributed by atoms with E-state index < -0.39 is 0 Å². The molecule has 0 radical (unpaired) electrons. The zero-order valence-electron chi connectivity index (χ0n) is 13.4. The summed E-state index contributed by atoms with van der Waals surface area (Å²) in [5, 5.41) is 3.45. The van der Waals surface area contributed by atoms with Gasteiger partial charge in [-0.05, 0) is 67.4 Å². The number of rotatable bonds is 2. The van der Waals surface area contributed by atoms with Gasteiger partial charge in [-0.1, -0.05) is 35.9 Å². The minimum Gasteiger partial charge on any atom is -0.300 e. The fourth-order valence-electron chi connectivity index (χ4n) is 2.43. The second kappa shape index (κ2) is 6.42. The van der Waals surface area contributed by atoms with Crippen LogP contribution in [-0.4, -0.2) is 11.1 Å². The van der Waals surface area contributed by atoms with E-state index in [1.54, 1.807) is 0 Å². The van der Waals surface area contributed by atoms with Crippen LogP contribution in [-0.2, 0) is 4.79 Å². The van der Waals surface area contributed by atoms with Crippen LogP contribution >= 0.6 is 11.8 Å². The van der Waals surface area contributed by atoms with Crippen molar-refractivity contribution in [2.45, 2.75) is 20.8 Å². The van der Waals surface area contributed by atoms with Crippen molar-refractivity contribution in [1.82, 2.24) is 5.32 Å². The minimum absolute atomic E-state index is 0.0984. The number of hydrogen-bond acceptors (Lipinski definition) is 3. The molecule has 1 saturated heterocycles. The zero-order chi connectivity index (χ0) is 16.4. The Morgan fingerprint density at radius 1 is 0.957 bits per heavy atom. The number of carbonyl (C=O) groups is 1. The van der Waals surface area contributed by atoms with E-state index in [0.717, 1.165) is 22.4 Å². The van der Waals surface area contributed by atoms with Gasteiger partial charge in [0.1, 0.15) is 0 Å². The van der Waals surface area contributed by atoms with Gasteiger partial charge in [0.05, 0.1) is 10.6 Å². The van der Waals surface area contributed by atoms with Crippen LogP contribution in [0.4, 0.5) is 5.69 Å². The number of thioether (sulfide) groups is 1. The molecule has 1 aliphatic rings. The molecule has 23 heavy (non-hydrogen) atoms. The maximum absolute atomic E-state index is 12.1. The number of nitrogens with zero attached hydrogens (tertiary/aromatic N) is 1. The van der Waals surface area contributed by atoms with Gasteiger partial charge in [-0.2, -0.15) is 0 Å². The largest absolute Gasteiger partial charge is 0.300 e. The van der Waals surface area contributed by atoms with Crippen LogP contribution in [0.3, 0.4) is 0 Å². The molecule has 116 valence electrons. The molecule has 1 fully saturated rings. The number of aryl methyl sites for hydroxylation is 3. The topological polar surface area (TPSA) is 41.5 Å². The summed E-state index contributed by atoms with van der Waals surface area (Å²) in [6.45, 7) is 6.13. The smallest absolute Gasteiger partial charge is 0.264 e. The Labute approximate surface area is 140 Å². The van der Waals surface area contributed by atoms with Crippen LogP contribution in [0, 0.1) is 20.8 Å². The normalized spacial score (nSPS) is 17.8. The molecule has 2 aromatic rings. The highest BCUT2D eigenvalue weighted by Crippen LogP contribution is 2.28. The van der Waals surface area contributed by atoms with Crippen molar-refractivity contribution in [3.63, 3.8) is 0 Å². The third kappa shape index (κ3) is 3.90. The summed E-state index contributed by atoms with van der Waals surface area (Å²) < 4.78 is 0. The molecule has 0 aliphatic carbocycles. The monoisotopic (exact) mass is 322 g/mol. The van der Waals surface area contributed by atoms with Gasteiger partial charge in [0.25, 0.3) is 5.91 Å². The van der Waals surface area contributed by atoms with Crippen molar-refractivity contribution >= 4 is 34.6 Å². The fourth-order valence-corrected chi connectivity index (χ4v) is 3.27. The maximum Gasteiger partial charge on any atom is 0.264 e. The van der Waals surface area contributed by atoms with Crippen molar-refractivity contribution in [2.75, 3.05) is 0 Å². The van der Waals surface area contributed by atoms with Gasteiger partial charge in [-0.3, -0.25) is 4.79 Å². The Morgan fingerprint density at radius 3 is 2.26 bits per heavy atom. The second-order valence-corrected chi connectivity index (χ2v) is 6.77. The van der Waals surface area contributed by atoms with Crippen LogP contribution in [0.5, 0.6) is 0 Å². The van der Waals surface area contributed by atoms with E-state index in [4.69, 9.17) is 0 Å². The molecule has 3 nitrogen and oxygen atoms in total. The summed E-state index contributed by atoms with van der Waals surface area (Å²) in [5.74, 6) is -0.0984. The highest BCUT2D eigenvalue weighted by atomic mass is 32.2.